The zero-order valence-corrected chi connectivity index (χ0v) is 13.6. The molecule has 0 aliphatic rings. The van der Waals surface area contributed by atoms with Gasteiger partial charge >= 0.3 is 0 Å². The lowest BCUT2D eigenvalue weighted by molar-refractivity contribution is 0.598. The van der Waals surface area contributed by atoms with Crippen LogP contribution in [0.1, 0.15) is 56.7 Å². The van der Waals surface area contributed by atoms with Gasteiger partial charge in [-0.2, -0.15) is 0 Å². The summed E-state index contributed by atoms with van der Waals surface area (Å²) in [6, 6.07) is 7.92. The topological polar surface area (TPSA) is 22.0 Å². The Hall–Kier alpha value is -1.57. The molecule has 114 valence electrons. The first-order valence-electron chi connectivity index (χ1n) is 8.24. The fraction of sp³-hybridized carbons (Fsp3) is 0.526. The van der Waals surface area contributed by atoms with Gasteiger partial charge < -0.3 is 4.57 Å². The highest BCUT2D eigenvalue weighted by molar-refractivity contribution is 5.80. The van der Waals surface area contributed by atoms with Crippen LogP contribution in [0.4, 0.5) is 0 Å². The van der Waals surface area contributed by atoms with Crippen LogP contribution in [0.2, 0.25) is 0 Å². The van der Waals surface area contributed by atoms with Crippen molar-refractivity contribution in [2.75, 3.05) is 0 Å². The number of para-hydroxylation sites is 1. The van der Waals surface area contributed by atoms with Crippen LogP contribution in [0.25, 0.3) is 10.9 Å². The average molecular weight is 285 g/mol. The number of fused-ring (bicyclic) bond motifs is 1. The molecular formula is C19H27NO. The number of aryl methyl sites for hydroxylation is 1. The highest BCUT2D eigenvalue weighted by Gasteiger charge is 2.10. The van der Waals surface area contributed by atoms with Gasteiger partial charge in [0.2, 0.25) is 0 Å². The minimum absolute atomic E-state index is 0.199. The van der Waals surface area contributed by atoms with Crippen LogP contribution >= 0.6 is 0 Å². The van der Waals surface area contributed by atoms with Crippen molar-refractivity contribution < 1.29 is 0 Å². The summed E-state index contributed by atoms with van der Waals surface area (Å²) in [7, 11) is 2.08. The van der Waals surface area contributed by atoms with E-state index in [1.54, 1.807) is 0 Å². The van der Waals surface area contributed by atoms with Crippen molar-refractivity contribution in [2.45, 2.75) is 58.8 Å². The van der Waals surface area contributed by atoms with Crippen molar-refractivity contribution in [3.05, 3.63) is 45.7 Å². The maximum absolute atomic E-state index is 12.5. The molecule has 0 atom stereocenters. The van der Waals surface area contributed by atoms with E-state index < -0.39 is 0 Å². The minimum atomic E-state index is 0.199. The summed E-state index contributed by atoms with van der Waals surface area (Å²) in [6.45, 7) is 4.22. The Morgan fingerprint density at radius 1 is 1.00 bits per heavy atom. The Morgan fingerprint density at radius 2 is 1.67 bits per heavy atom. The van der Waals surface area contributed by atoms with Gasteiger partial charge in [-0.25, -0.2) is 0 Å². The molecule has 1 heterocycles. The van der Waals surface area contributed by atoms with Crippen molar-refractivity contribution in [3.8, 4) is 0 Å². The Bertz CT molecular complexity index is 654. The van der Waals surface area contributed by atoms with E-state index in [0.717, 1.165) is 22.9 Å². The maximum Gasteiger partial charge on any atom is 0.192 e. The second-order valence-corrected chi connectivity index (χ2v) is 5.99. The van der Waals surface area contributed by atoms with Gasteiger partial charge in [-0.05, 0) is 31.9 Å². The molecule has 0 aliphatic heterocycles. The molecule has 0 bridgehead atoms. The maximum atomic E-state index is 12.5. The van der Waals surface area contributed by atoms with Crippen molar-refractivity contribution in [3.63, 3.8) is 0 Å². The monoisotopic (exact) mass is 285 g/mol. The lowest BCUT2D eigenvalue weighted by Gasteiger charge is -2.15. The van der Waals surface area contributed by atoms with E-state index in [4.69, 9.17) is 0 Å². The van der Waals surface area contributed by atoms with Crippen molar-refractivity contribution in [1.29, 1.82) is 0 Å². The van der Waals surface area contributed by atoms with Gasteiger partial charge in [-0.3, -0.25) is 4.79 Å². The van der Waals surface area contributed by atoms with E-state index in [0.29, 0.717) is 0 Å². The highest BCUT2D eigenvalue weighted by atomic mass is 16.1. The van der Waals surface area contributed by atoms with Crippen LogP contribution in [0.3, 0.4) is 0 Å². The summed E-state index contributed by atoms with van der Waals surface area (Å²) in [5, 5.41) is 0.837. The number of pyridine rings is 1. The lowest BCUT2D eigenvalue weighted by Crippen LogP contribution is -2.16. The molecule has 0 N–H and O–H groups in total. The average Bonchev–Trinajstić information content (AvgIpc) is 2.51. The van der Waals surface area contributed by atoms with E-state index in [1.807, 2.05) is 31.2 Å². The predicted molar refractivity (Wildman–Crippen MR) is 91.0 cm³/mol. The highest BCUT2D eigenvalue weighted by Crippen LogP contribution is 2.17. The Labute approximate surface area is 127 Å². The molecule has 0 saturated carbocycles. The number of hydrogen-bond donors (Lipinski definition) is 0. The van der Waals surface area contributed by atoms with Gasteiger partial charge in [0.1, 0.15) is 0 Å². The van der Waals surface area contributed by atoms with E-state index in [-0.39, 0.29) is 5.43 Å². The first-order valence-corrected chi connectivity index (χ1v) is 8.24. The quantitative estimate of drug-likeness (QED) is 0.673. The van der Waals surface area contributed by atoms with Gasteiger partial charge in [-0.15, -0.1) is 0 Å². The molecule has 2 heteroatoms. The largest absolute Gasteiger partial charge is 0.347 e. The Morgan fingerprint density at radius 3 is 2.43 bits per heavy atom. The van der Waals surface area contributed by atoms with E-state index in [9.17, 15) is 4.79 Å². The number of aromatic nitrogens is 1. The van der Waals surface area contributed by atoms with Crippen LogP contribution in [0, 0.1) is 6.92 Å². The zero-order valence-electron chi connectivity index (χ0n) is 13.6. The van der Waals surface area contributed by atoms with Gasteiger partial charge in [0.25, 0.3) is 0 Å². The number of rotatable bonds is 7. The normalized spacial score (nSPS) is 11.2. The second-order valence-electron chi connectivity index (χ2n) is 5.99. The lowest BCUT2D eigenvalue weighted by atomic mass is 10.0. The van der Waals surface area contributed by atoms with Crippen molar-refractivity contribution in [1.82, 2.24) is 4.57 Å². The Balaban J connectivity index is 2.15. The van der Waals surface area contributed by atoms with E-state index in [2.05, 4.69) is 18.5 Å². The molecule has 2 rings (SSSR count). The van der Waals surface area contributed by atoms with E-state index in [1.165, 1.54) is 44.2 Å². The molecular weight excluding hydrogens is 258 g/mol. The van der Waals surface area contributed by atoms with Crippen LogP contribution in [-0.4, -0.2) is 4.57 Å². The molecule has 0 amide bonds. The number of nitrogens with zero attached hydrogens (tertiary/aromatic N) is 1. The number of unbranched alkanes of at least 4 members (excludes halogenated alkanes) is 5. The molecule has 0 saturated heterocycles. The summed E-state index contributed by atoms with van der Waals surface area (Å²) in [5.41, 5.74) is 3.37. The van der Waals surface area contributed by atoms with Crippen LogP contribution in [-0.2, 0) is 13.5 Å². The number of hydrogen-bond acceptors (Lipinski definition) is 1. The Kier molecular flexibility index (Phi) is 5.60. The summed E-state index contributed by atoms with van der Waals surface area (Å²) in [4.78, 5) is 12.5. The van der Waals surface area contributed by atoms with Crippen LogP contribution in [0.5, 0.6) is 0 Å². The predicted octanol–water partition coefficient (Wildman–Crippen LogP) is 4.75. The molecule has 2 nitrogen and oxygen atoms in total. The summed E-state index contributed by atoms with van der Waals surface area (Å²) < 4.78 is 2.21. The molecule has 0 spiro atoms. The molecule has 0 unspecified atom stereocenters. The van der Waals surface area contributed by atoms with Crippen LogP contribution in [0.15, 0.2) is 29.1 Å². The van der Waals surface area contributed by atoms with Gasteiger partial charge in [0.05, 0.1) is 5.52 Å². The third kappa shape index (κ3) is 3.55. The van der Waals surface area contributed by atoms with Crippen LogP contribution < -0.4 is 5.43 Å². The molecule has 1 aromatic heterocycles. The standard InChI is InChI=1S/C19H27NO/c1-4-5-6-7-8-9-13-17-15(2)19(21)16-12-10-11-14-18(16)20(17)3/h10-12,14H,4-9,13H2,1-3H3. The first kappa shape index (κ1) is 15.8. The first-order chi connectivity index (χ1) is 10.2. The summed E-state index contributed by atoms with van der Waals surface area (Å²) in [5.74, 6) is 0. The molecule has 1 aromatic carbocycles. The zero-order chi connectivity index (χ0) is 15.2. The van der Waals surface area contributed by atoms with Crippen molar-refractivity contribution >= 4 is 10.9 Å². The molecule has 0 radical (unpaired) electrons. The fourth-order valence-corrected chi connectivity index (χ4v) is 3.12. The van der Waals surface area contributed by atoms with Crippen molar-refractivity contribution in [2.24, 2.45) is 7.05 Å². The van der Waals surface area contributed by atoms with Gasteiger partial charge in [0, 0.05) is 23.7 Å². The minimum Gasteiger partial charge on any atom is -0.347 e. The molecule has 21 heavy (non-hydrogen) atoms. The second kappa shape index (κ2) is 7.44. The van der Waals surface area contributed by atoms with E-state index >= 15 is 0 Å². The summed E-state index contributed by atoms with van der Waals surface area (Å²) in [6.07, 6.45) is 8.73. The molecule has 2 aromatic rings. The SMILES string of the molecule is CCCCCCCCc1c(C)c(=O)c2ccccc2n1C. The third-order valence-electron chi connectivity index (χ3n) is 4.46. The number of benzene rings is 1. The third-order valence-corrected chi connectivity index (χ3v) is 4.46. The van der Waals surface area contributed by atoms with Gasteiger partial charge in [0.15, 0.2) is 5.43 Å². The molecule has 0 aliphatic carbocycles. The fourth-order valence-electron chi connectivity index (χ4n) is 3.12. The smallest absolute Gasteiger partial charge is 0.192 e. The molecule has 0 fully saturated rings. The summed E-state index contributed by atoms with van der Waals surface area (Å²) >= 11 is 0. The van der Waals surface area contributed by atoms with Gasteiger partial charge in [-0.1, -0.05) is 51.2 Å².